The van der Waals surface area contributed by atoms with E-state index in [1.165, 1.54) is 12.8 Å². The molecular formula is C13H19N5O. The summed E-state index contributed by atoms with van der Waals surface area (Å²) in [6, 6.07) is 0.421. The van der Waals surface area contributed by atoms with Crippen LogP contribution in [0.3, 0.4) is 0 Å². The van der Waals surface area contributed by atoms with E-state index >= 15 is 0 Å². The lowest BCUT2D eigenvalue weighted by Gasteiger charge is -2.15. The second-order valence-corrected chi connectivity index (χ2v) is 5.17. The van der Waals surface area contributed by atoms with Crippen molar-refractivity contribution in [2.45, 2.75) is 52.0 Å². The number of H-pyrrole nitrogens is 1. The Bertz CT molecular complexity index is 651. The Morgan fingerprint density at radius 2 is 2.16 bits per heavy atom. The Morgan fingerprint density at radius 3 is 2.84 bits per heavy atom. The summed E-state index contributed by atoms with van der Waals surface area (Å²) in [7, 11) is 0. The Morgan fingerprint density at radius 1 is 1.42 bits per heavy atom. The van der Waals surface area contributed by atoms with E-state index < -0.39 is 0 Å². The van der Waals surface area contributed by atoms with Gasteiger partial charge < -0.3 is 5.32 Å². The number of aromatic nitrogens is 4. The number of hydrogen-bond acceptors (Lipinski definition) is 4. The first kappa shape index (κ1) is 12.2. The van der Waals surface area contributed by atoms with Gasteiger partial charge in [0.05, 0.1) is 0 Å². The van der Waals surface area contributed by atoms with Crippen LogP contribution in [-0.4, -0.2) is 25.6 Å². The lowest BCUT2D eigenvalue weighted by Crippen LogP contribution is -2.23. The second-order valence-electron chi connectivity index (χ2n) is 5.17. The van der Waals surface area contributed by atoms with E-state index in [1.54, 1.807) is 4.40 Å². The topological polar surface area (TPSA) is 75.1 Å². The number of rotatable bonds is 3. The molecule has 0 atom stereocenters. The highest BCUT2D eigenvalue weighted by Gasteiger charge is 2.19. The molecule has 6 heteroatoms. The van der Waals surface area contributed by atoms with Crippen LogP contribution in [0.1, 0.15) is 43.9 Å². The molecule has 2 aromatic rings. The molecule has 0 aromatic carbocycles. The van der Waals surface area contributed by atoms with E-state index in [4.69, 9.17) is 0 Å². The first-order chi connectivity index (χ1) is 9.20. The minimum atomic E-state index is -0.224. The summed E-state index contributed by atoms with van der Waals surface area (Å²) < 4.78 is 1.56. The predicted molar refractivity (Wildman–Crippen MR) is 73.6 cm³/mol. The normalized spacial score (nSPS) is 16.3. The van der Waals surface area contributed by atoms with Gasteiger partial charge in [-0.05, 0) is 26.2 Å². The second kappa shape index (κ2) is 4.68. The molecule has 0 amide bonds. The average Bonchev–Trinajstić information content (AvgIpc) is 3.00. The molecule has 1 aliphatic carbocycles. The summed E-state index contributed by atoms with van der Waals surface area (Å²) in [5.41, 5.74) is 2.43. The Kier molecular flexibility index (Phi) is 3.00. The van der Waals surface area contributed by atoms with Gasteiger partial charge in [0.2, 0.25) is 5.95 Å². The standard InChI is InChI=1S/C13H19N5O/c1-3-10-8(2)14-12(15-9-6-4-5-7-9)18-11(10)16-17-13(18)19/h9H,3-7H2,1-2H3,(H,14,15)(H,17,19). The van der Waals surface area contributed by atoms with Gasteiger partial charge in [-0.15, -0.1) is 0 Å². The van der Waals surface area contributed by atoms with Crippen LogP contribution in [-0.2, 0) is 6.42 Å². The highest BCUT2D eigenvalue weighted by Crippen LogP contribution is 2.22. The zero-order valence-corrected chi connectivity index (χ0v) is 11.4. The van der Waals surface area contributed by atoms with Crippen molar-refractivity contribution in [2.75, 3.05) is 5.32 Å². The number of aromatic amines is 1. The summed E-state index contributed by atoms with van der Waals surface area (Å²) in [5, 5.41) is 10.0. The third-order valence-corrected chi connectivity index (χ3v) is 3.91. The Labute approximate surface area is 111 Å². The molecular weight excluding hydrogens is 242 g/mol. The molecule has 0 saturated heterocycles. The SMILES string of the molecule is CCc1c(C)nc(NC2CCCC2)n2c(=O)[nH]nc12. The van der Waals surface area contributed by atoms with Gasteiger partial charge in [0, 0.05) is 17.3 Å². The molecule has 0 unspecified atom stereocenters. The van der Waals surface area contributed by atoms with Crippen molar-refractivity contribution in [3.8, 4) is 0 Å². The van der Waals surface area contributed by atoms with Crippen LogP contribution in [0.25, 0.3) is 5.65 Å². The molecule has 1 fully saturated rings. The molecule has 19 heavy (non-hydrogen) atoms. The molecule has 1 saturated carbocycles. The third kappa shape index (κ3) is 2.01. The van der Waals surface area contributed by atoms with Crippen molar-refractivity contribution in [3.05, 3.63) is 21.7 Å². The molecule has 2 heterocycles. The zero-order chi connectivity index (χ0) is 13.4. The summed E-state index contributed by atoms with van der Waals surface area (Å²) in [6.45, 7) is 4.02. The number of hydrogen-bond donors (Lipinski definition) is 2. The molecule has 0 spiro atoms. The number of aryl methyl sites for hydroxylation is 2. The third-order valence-electron chi connectivity index (χ3n) is 3.91. The first-order valence-electron chi connectivity index (χ1n) is 6.94. The average molecular weight is 261 g/mol. The van der Waals surface area contributed by atoms with Crippen molar-refractivity contribution >= 4 is 11.6 Å². The van der Waals surface area contributed by atoms with Crippen LogP contribution < -0.4 is 11.0 Å². The van der Waals surface area contributed by atoms with Crippen LogP contribution in [0.2, 0.25) is 0 Å². The lowest BCUT2D eigenvalue weighted by atomic mass is 10.2. The van der Waals surface area contributed by atoms with Crippen LogP contribution >= 0.6 is 0 Å². The fourth-order valence-corrected chi connectivity index (χ4v) is 2.90. The summed E-state index contributed by atoms with van der Waals surface area (Å²) in [6.07, 6.45) is 5.59. The van der Waals surface area contributed by atoms with E-state index in [2.05, 4.69) is 20.5 Å². The van der Waals surface area contributed by atoms with Gasteiger partial charge in [-0.25, -0.2) is 19.3 Å². The van der Waals surface area contributed by atoms with E-state index in [-0.39, 0.29) is 5.69 Å². The van der Waals surface area contributed by atoms with Gasteiger partial charge in [-0.1, -0.05) is 19.8 Å². The summed E-state index contributed by atoms with van der Waals surface area (Å²) >= 11 is 0. The molecule has 2 aromatic heterocycles. The van der Waals surface area contributed by atoms with Crippen molar-refractivity contribution < 1.29 is 0 Å². The maximum absolute atomic E-state index is 11.9. The van der Waals surface area contributed by atoms with E-state index in [0.29, 0.717) is 17.6 Å². The minimum absolute atomic E-state index is 0.224. The maximum Gasteiger partial charge on any atom is 0.350 e. The maximum atomic E-state index is 11.9. The van der Waals surface area contributed by atoms with Crippen LogP contribution in [0, 0.1) is 6.92 Å². The van der Waals surface area contributed by atoms with Crippen molar-refractivity contribution in [1.29, 1.82) is 0 Å². The molecule has 0 radical (unpaired) electrons. The van der Waals surface area contributed by atoms with Crippen molar-refractivity contribution in [1.82, 2.24) is 19.6 Å². The molecule has 3 rings (SSSR count). The van der Waals surface area contributed by atoms with Gasteiger partial charge in [-0.3, -0.25) is 0 Å². The van der Waals surface area contributed by atoms with Crippen molar-refractivity contribution in [3.63, 3.8) is 0 Å². The van der Waals surface area contributed by atoms with Crippen LogP contribution in [0.5, 0.6) is 0 Å². The van der Waals surface area contributed by atoms with E-state index in [0.717, 1.165) is 30.5 Å². The van der Waals surface area contributed by atoms with Gasteiger partial charge in [0.25, 0.3) is 0 Å². The van der Waals surface area contributed by atoms with Crippen LogP contribution in [0.15, 0.2) is 4.79 Å². The molecule has 1 aliphatic rings. The van der Waals surface area contributed by atoms with E-state index in [9.17, 15) is 4.79 Å². The largest absolute Gasteiger partial charge is 0.352 e. The fraction of sp³-hybridized carbons (Fsp3) is 0.615. The van der Waals surface area contributed by atoms with Gasteiger partial charge in [0.15, 0.2) is 5.65 Å². The van der Waals surface area contributed by atoms with Crippen molar-refractivity contribution in [2.24, 2.45) is 0 Å². The smallest absolute Gasteiger partial charge is 0.350 e. The summed E-state index contributed by atoms with van der Waals surface area (Å²) in [5.74, 6) is 0.621. The molecule has 6 nitrogen and oxygen atoms in total. The molecule has 2 N–H and O–H groups in total. The zero-order valence-electron chi connectivity index (χ0n) is 11.4. The Hall–Kier alpha value is -1.85. The molecule has 0 aliphatic heterocycles. The van der Waals surface area contributed by atoms with Gasteiger partial charge >= 0.3 is 5.69 Å². The monoisotopic (exact) mass is 261 g/mol. The predicted octanol–water partition coefficient (Wildman–Crippen LogP) is 1.64. The minimum Gasteiger partial charge on any atom is -0.352 e. The fourth-order valence-electron chi connectivity index (χ4n) is 2.90. The highest BCUT2D eigenvalue weighted by molar-refractivity contribution is 5.54. The van der Waals surface area contributed by atoms with Crippen LogP contribution in [0.4, 0.5) is 5.95 Å². The number of nitrogens with one attached hydrogen (secondary N) is 2. The van der Waals surface area contributed by atoms with Gasteiger partial charge in [-0.2, -0.15) is 5.10 Å². The number of fused-ring (bicyclic) bond motifs is 1. The van der Waals surface area contributed by atoms with E-state index in [1.807, 2.05) is 13.8 Å². The Balaban J connectivity index is 2.12. The van der Waals surface area contributed by atoms with Gasteiger partial charge in [0.1, 0.15) is 0 Å². The summed E-state index contributed by atoms with van der Waals surface area (Å²) in [4.78, 5) is 16.5. The molecule has 102 valence electrons. The quantitative estimate of drug-likeness (QED) is 0.880. The highest BCUT2D eigenvalue weighted by atomic mass is 16.1. The first-order valence-corrected chi connectivity index (χ1v) is 6.94. The number of anilines is 1. The lowest BCUT2D eigenvalue weighted by molar-refractivity contribution is 0.736. The number of nitrogens with zero attached hydrogens (tertiary/aromatic N) is 3. The molecule has 0 bridgehead atoms.